The first-order chi connectivity index (χ1) is 16.1. The van der Waals surface area contributed by atoms with Crippen LogP contribution in [0.25, 0.3) is 0 Å². The molecular weight excluding hydrogens is 455 g/mol. The topological polar surface area (TPSA) is 108 Å². The van der Waals surface area contributed by atoms with E-state index in [9.17, 15) is 32.9 Å². The van der Waals surface area contributed by atoms with Gasteiger partial charge in [0, 0.05) is 51.8 Å². The molecule has 1 saturated heterocycles. The maximum atomic E-state index is 12.9. The molecule has 1 fully saturated rings. The summed E-state index contributed by atoms with van der Waals surface area (Å²) in [6, 6.07) is 11.2. The van der Waals surface area contributed by atoms with Crippen LogP contribution < -0.4 is 15.5 Å². The molecule has 0 aliphatic carbocycles. The highest BCUT2D eigenvalue weighted by Gasteiger charge is 2.34. The van der Waals surface area contributed by atoms with E-state index in [0.29, 0.717) is 38.8 Å². The number of imide groups is 1. The van der Waals surface area contributed by atoms with E-state index in [1.807, 2.05) is 35.2 Å². The zero-order valence-electron chi connectivity index (χ0n) is 18.2. The van der Waals surface area contributed by atoms with Crippen molar-refractivity contribution in [2.75, 3.05) is 37.6 Å². The summed E-state index contributed by atoms with van der Waals surface area (Å²) in [6.45, 7) is 2.30. The predicted octanol–water partition coefficient (Wildman–Crippen LogP) is 3.15. The van der Waals surface area contributed by atoms with E-state index in [2.05, 4.69) is 10.6 Å². The first-order valence-corrected chi connectivity index (χ1v) is 10.6. The van der Waals surface area contributed by atoms with Crippen molar-refractivity contribution in [2.24, 2.45) is 0 Å². The van der Waals surface area contributed by atoms with Gasteiger partial charge in [0.25, 0.3) is 5.69 Å². The zero-order valence-corrected chi connectivity index (χ0v) is 18.2. The van der Waals surface area contributed by atoms with Gasteiger partial charge in [-0.2, -0.15) is 13.2 Å². The molecule has 2 aromatic carbocycles. The second-order valence-electron chi connectivity index (χ2n) is 7.75. The third-order valence-electron chi connectivity index (χ3n) is 5.42. The standard InChI is InChI=1S/C22H24F3N5O4/c23-22(24,25)17-6-7-18(19(14-17)30(33)34)29-12-10-28(11-13-29)9-8-20(31)27-21(32)26-15-16-4-2-1-3-5-16/h1-7,14H,8-13,15H2,(H2,26,27,31,32). The van der Waals surface area contributed by atoms with Gasteiger partial charge in [-0.15, -0.1) is 0 Å². The molecule has 1 aliphatic heterocycles. The smallest absolute Gasteiger partial charge is 0.363 e. The van der Waals surface area contributed by atoms with Crippen LogP contribution in [0.15, 0.2) is 48.5 Å². The molecule has 2 aromatic rings. The van der Waals surface area contributed by atoms with Gasteiger partial charge in [-0.3, -0.25) is 25.1 Å². The van der Waals surface area contributed by atoms with Crippen LogP contribution in [-0.2, 0) is 17.5 Å². The maximum Gasteiger partial charge on any atom is 0.416 e. The van der Waals surface area contributed by atoms with Gasteiger partial charge in [-0.25, -0.2) is 4.79 Å². The summed E-state index contributed by atoms with van der Waals surface area (Å²) in [6.07, 6.45) is -4.58. The highest BCUT2D eigenvalue weighted by atomic mass is 19.4. The molecule has 0 bridgehead atoms. The fraction of sp³-hybridized carbons (Fsp3) is 0.364. The Morgan fingerprint density at radius 2 is 1.71 bits per heavy atom. The highest BCUT2D eigenvalue weighted by Crippen LogP contribution is 2.36. The molecule has 0 spiro atoms. The van der Waals surface area contributed by atoms with Gasteiger partial charge in [0.1, 0.15) is 5.69 Å². The lowest BCUT2D eigenvalue weighted by molar-refractivity contribution is -0.384. The molecule has 0 saturated carbocycles. The third-order valence-corrected chi connectivity index (χ3v) is 5.42. The number of urea groups is 1. The van der Waals surface area contributed by atoms with Crippen molar-refractivity contribution in [3.8, 4) is 0 Å². The average molecular weight is 479 g/mol. The molecule has 3 rings (SSSR count). The number of carbonyl (C=O) groups excluding carboxylic acids is 2. The molecule has 2 N–H and O–H groups in total. The summed E-state index contributed by atoms with van der Waals surface area (Å²) in [4.78, 5) is 38.0. The molecule has 9 nitrogen and oxygen atoms in total. The lowest BCUT2D eigenvalue weighted by Gasteiger charge is -2.35. The molecule has 0 radical (unpaired) electrons. The van der Waals surface area contributed by atoms with Crippen LogP contribution >= 0.6 is 0 Å². The van der Waals surface area contributed by atoms with E-state index < -0.39 is 34.3 Å². The molecule has 12 heteroatoms. The molecule has 182 valence electrons. The molecule has 3 amide bonds. The molecule has 1 aliphatic rings. The van der Waals surface area contributed by atoms with Gasteiger partial charge in [-0.1, -0.05) is 30.3 Å². The molecule has 0 aromatic heterocycles. The summed E-state index contributed by atoms with van der Waals surface area (Å²) in [5.74, 6) is -0.439. The van der Waals surface area contributed by atoms with E-state index in [4.69, 9.17) is 0 Å². The Kier molecular flexibility index (Phi) is 8.05. The minimum atomic E-state index is -4.67. The number of halogens is 3. The number of alkyl halides is 3. The monoisotopic (exact) mass is 479 g/mol. The lowest BCUT2D eigenvalue weighted by atomic mass is 10.1. The van der Waals surface area contributed by atoms with E-state index in [-0.39, 0.29) is 18.7 Å². The Morgan fingerprint density at radius 1 is 1.03 bits per heavy atom. The van der Waals surface area contributed by atoms with Crippen LogP contribution in [0.4, 0.5) is 29.3 Å². The van der Waals surface area contributed by atoms with E-state index >= 15 is 0 Å². The SMILES string of the molecule is O=C(CCN1CCN(c2ccc(C(F)(F)F)cc2[N+](=O)[O-])CC1)NC(=O)NCc1ccccc1. The second-order valence-corrected chi connectivity index (χ2v) is 7.75. The number of anilines is 1. The second kappa shape index (κ2) is 11.0. The summed E-state index contributed by atoms with van der Waals surface area (Å²) < 4.78 is 38.7. The lowest BCUT2D eigenvalue weighted by Crippen LogP contribution is -2.48. The van der Waals surface area contributed by atoms with Crippen molar-refractivity contribution >= 4 is 23.3 Å². The van der Waals surface area contributed by atoms with Crippen LogP contribution in [0.1, 0.15) is 17.5 Å². The van der Waals surface area contributed by atoms with Gasteiger partial charge >= 0.3 is 12.2 Å². The van der Waals surface area contributed by atoms with Crippen LogP contribution in [-0.4, -0.2) is 54.5 Å². The fourth-order valence-electron chi connectivity index (χ4n) is 3.60. The van der Waals surface area contributed by atoms with E-state index in [1.165, 1.54) is 0 Å². The molecule has 1 heterocycles. The fourth-order valence-corrected chi connectivity index (χ4v) is 3.60. The van der Waals surface area contributed by atoms with Crippen molar-refractivity contribution in [1.29, 1.82) is 0 Å². The van der Waals surface area contributed by atoms with Crippen molar-refractivity contribution in [1.82, 2.24) is 15.5 Å². The van der Waals surface area contributed by atoms with Gasteiger partial charge in [0.05, 0.1) is 10.5 Å². The minimum Gasteiger partial charge on any atom is -0.363 e. The number of hydrogen-bond acceptors (Lipinski definition) is 6. The van der Waals surface area contributed by atoms with Gasteiger partial charge < -0.3 is 10.2 Å². The number of nitrogens with zero attached hydrogens (tertiary/aromatic N) is 3. The molecule has 0 atom stereocenters. The highest BCUT2D eigenvalue weighted by molar-refractivity contribution is 5.94. The normalized spacial score (nSPS) is 14.5. The summed E-state index contributed by atoms with van der Waals surface area (Å²) in [5.41, 5.74) is -0.633. The van der Waals surface area contributed by atoms with E-state index in [0.717, 1.165) is 17.7 Å². The number of benzene rings is 2. The average Bonchev–Trinajstić information content (AvgIpc) is 2.81. The Balaban J connectivity index is 1.45. The number of nitro groups is 1. The van der Waals surface area contributed by atoms with Crippen molar-refractivity contribution < 1.29 is 27.7 Å². The number of nitro benzene ring substituents is 1. The van der Waals surface area contributed by atoms with Crippen molar-refractivity contribution in [3.63, 3.8) is 0 Å². The summed E-state index contributed by atoms with van der Waals surface area (Å²) in [7, 11) is 0. The molecular formula is C22H24F3N5O4. The van der Waals surface area contributed by atoms with Crippen LogP contribution in [0, 0.1) is 10.1 Å². The van der Waals surface area contributed by atoms with Gasteiger partial charge in [0.2, 0.25) is 5.91 Å². The van der Waals surface area contributed by atoms with Crippen molar-refractivity contribution in [2.45, 2.75) is 19.1 Å². The number of hydrogen-bond donors (Lipinski definition) is 2. The number of rotatable bonds is 7. The Bertz CT molecular complexity index is 1020. The van der Waals surface area contributed by atoms with Crippen LogP contribution in [0.3, 0.4) is 0 Å². The Morgan fingerprint density at radius 3 is 2.32 bits per heavy atom. The maximum absolute atomic E-state index is 12.9. The first-order valence-electron chi connectivity index (χ1n) is 10.6. The third kappa shape index (κ3) is 6.91. The number of nitrogens with one attached hydrogen (secondary N) is 2. The molecule has 34 heavy (non-hydrogen) atoms. The Labute approximate surface area is 193 Å². The van der Waals surface area contributed by atoms with Gasteiger partial charge in [0.15, 0.2) is 0 Å². The quantitative estimate of drug-likeness (QED) is 0.467. The largest absolute Gasteiger partial charge is 0.416 e. The van der Waals surface area contributed by atoms with Crippen LogP contribution in [0.5, 0.6) is 0 Å². The predicted molar refractivity (Wildman–Crippen MR) is 118 cm³/mol. The van der Waals surface area contributed by atoms with Gasteiger partial charge in [-0.05, 0) is 17.7 Å². The van der Waals surface area contributed by atoms with E-state index in [1.54, 1.807) is 4.90 Å². The summed E-state index contributed by atoms with van der Waals surface area (Å²) in [5, 5.41) is 16.2. The molecule has 0 unspecified atom stereocenters. The minimum absolute atomic E-state index is 0.0825. The van der Waals surface area contributed by atoms with Crippen molar-refractivity contribution in [3.05, 3.63) is 69.8 Å². The van der Waals surface area contributed by atoms with Crippen LogP contribution in [0.2, 0.25) is 0 Å². The zero-order chi connectivity index (χ0) is 24.7. The number of amides is 3. The summed E-state index contributed by atoms with van der Waals surface area (Å²) >= 11 is 0. The number of carbonyl (C=O) groups is 2. The Hall–Kier alpha value is -3.67. The number of piperazine rings is 1. The first kappa shape index (κ1) is 25.0.